The second kappa shape index (κ2) is 12.8. The van der Waals surface area contributed by atoms with Gasteiger partial charge in [0.15, 0.2) is 5.78 Å². The third-order valence-electron chi connectivity index (χ3n) is 6.26. The van der Waals surface area contributed by atoms with Crippen molar-refractivity contribution < 1.29 is 23.8 Å². The maximum absolute atomic E-state index is 12.5. The molecule has 0 fully saturated rings. The number of nitrogens with one attached hydrogen (secondary N) is 1. The third-order valence-corrected chi connectivity index (χ3v) is 6.26. The van der Waals surface area contributed by atoms with Crippen LogP contribution in [0.2, 0.25) is 0 Å². The van der Waals surface area contributed by atoms with E-state index < -0.39 is 12.0 Å². The second-order valence-electron chi connectivity index (χ2n) is 9.29. The summed E-state index contributed by atoms with van der Waals surface area (Å²) >= 11 is 0. The van der Waals surface area contributed by atoms with Gasteiger partial charge in [-0.1, -0.05) is 60.7 Å². The minimum atomic E-state index is -0.956. The van der Waals surface area contributed by atoms with Gasteiger partial charge in [-0.2, -0.15) is 0 Å². The molecule has 0 saturated heterocycles. The van der Waals surface area contributed by atoms with E-state index in [0.29, 0.717) is 36.7 Å². The summed E-state index contributed by atoms with van der Waals surface area (Å²) in [5, 5.41) is 12.8. The zero-order valence-electron chi connectivity index (χ0n) is 21.6. The van der Waals surface area contributed by atoms with E-state index in [9.17, 15) is 14.7 Å². The lowest BCUT2D eigenvalue weighted by Crippen LogP contribution is -2.44. The molecule has 0 aliphatic rings. The second-order valence-corrected chi connectivity index (χ2v) is 9.29. The molecule has 1 heterocycles. The number of ether oxygens (including phenoxy) is 1. The number of oxazole rings is 1. The first-order valence-corrected chi connectivity index (χ1v) is 12.7. The van der Waals surface area contributed by atoms with Crippen LogP contribution in [-0.2, 0) is 17.6 Å². The fourth-order valence-corrected chi connectivity index (χ4v) is 4.23. The number of hydrogen-bond donors (Lipinski definition) is 2. The summed E-state index contributed by atoms with van der Waals surface area (Å²) in [6.07, 6.45) is 1.12. The first kappa shape index (κ1) is 26.8. The molecular weight excluding hydrogens is 480 g/mol. The lowest BCUT2D eigenvalue weighted by Gasteiger charge is -2.20. The average Bonchev–Trinajstić information content (AvgIpc) is 3.30. The summed E-state index contributed by atoms with van der Waals surface area (Å²) in [4.78, 5) is 28.9. The first-order valence-electron chi connectivity index (χ1n) is 12.7. The highest BCUT2D eigenvalue weighted by Crippen LogP contribution is 2.22. The Balaban J connectivity index is 1.27. The number of rotatable bonds is 13. The fourth-order valence-electron chi connectivity index (χ4n) is 4.23. The SMILES string of the molecule is Cc1oc(-c2ccccc2)nc1CCOc1ccc(CC(NC(C)CC(=O)c2ccccc2)C(=O)O)cc1. The molecule has 0 spiro atoms. The number of hydrogen-bond acceptors (Lipinski definition) is 6. The van der Waals surface area contributed by atoms with Gasteiger partial charge in [0.2, 0.25) is 5.89 Å². The van der Waals surface area contributed by atoms with E-state index in [1.54, 1.807) is 12.1 Å². The van der Waals surface area contributed by atoms with Crippen LogP contribution in [0.3, 0.4) is 0 Å². The molecule has 0 saturated carbocycles. The van der Waals surface area contributed by atoms with E-state index in [1.165, 1.54) is 0 Å². The minimum absolute atomic E-state index is 0.0201. The summed E-state index contributed by atoms with van der Waals surface area (Å²) in [6, 6.07) is 25.1. The molecule has 0 bridgehead atoms. The maximum Gasteiger partial charge on any atom is 0.321 e. The number of aryl methyl sites for hydroxylation is 1. The van der Waals surface area contributed by atoms with Crippen molar-refractivity contribution >= 4 is 11.8 Å². The average molecular weight is 513 g/mol. The lowest BCUT2D eigenvalue weighted by molar-refractivity contribution is -0.139. The number of ketones is 1. The van der Waals surface area contributed by atoms with Crippen LogP contribution in [0, 0.1) is 6.92 Å². The van der Waals surface area contributed by atoms with Gasteiger partial charge in [0, 0.05) is 30.0 Å². The van der Waals surface area contributed by atoms with Gasteiger partial charge in [-0.3, -0.25) is 9.59 Å². The molecule has 0 aliphatic heterocycles. The number of carboxylic acid groups (broad SMARTS) is 1. The van der Waals surface area contributed by atoms with Crippen molar-refractivity contribution in [3.8, 4) is 17.2 Å². The van der Waals surface area contributed by atoms with Crippen LogP contribution >= 0.6 is 0 Å². The number of Topliss-reactive ketones (excluding diaryl/α,β-unsaturated/α-hetero) is 1. The topological polar surface area (TPSA) is 102 Å². The summed E-state index contributed by atoms with van der Waals surface area (Å²) in [7, 11) is 0. The van der Waals surface area contributed by atoms with Gasteiger partial charge in [-0.15, -0.1) is 0 Å². The summed E-state index contributed by atoms with van der Waals surface area (Å²) in [5.41, 5.74) is 3.28. The number of carboxylic acids is 1. The number of carbonyl (C=O) groups is 2. The molecule has 4 rings (SSSR count). The van der Waals surface area contributed by atoms with Crippen molar-refractivity contribution in [2.45, 2.75) is 45.2 Å². The molecule has 196 valence electrons. The molecule has 3 aromatic carbocycles. The molecule has 0 aliphatic carbocycles. The highest BCUT2D eigenvalue weighted by atomic mass is 16.5. The Kier molecular flexibility index (Phi) is 9.06. The van der Waals surface area contributed by atoms with Gasteiger partial charge in [0.25, 0.3) is 0 Å². The maximum atomic E-state index is 12.5. The highest BCUT2D eigenvalue weighted by Gasteiger charge is 2.22. The van der Waals surface area contributed by atoms with Gasteiger partial charge < -0.3 is 19.6 Å². The molecular formula is C31H32N2O5. The molecule has 7 nitrogen and oxygen atoms in total. The van der Waals surface area contributed by atoms with Crippen LogP contribution in [0.15, 0.2) is 89.3 Å². The normalized spacial score (nSPS) is 12.6. The Hall–Kier alpha value is -4.23. The monoisotopic (exact) mass is 512 g/mol. The van der Waals surface area contributed by atoms with Crippen molar-refractivity contribution in [2.24, 2.45) is 0 Å². The van der Waals surface area contributed by atoms with Crippen molar-refractivity contribution in [2.75, 3.05) is 6.61 Å². The van der Waals surface area contributed by atoms with Crippen LogP contribution < -0.4 is 10.1 Å². The predicted molar refractivity (Wildman–Crippen MR) is 145 cm³/mol. The van der Waals surface area contributed by atoms with Crippen LogP contribution in [0.25, 0.3) is 11.5 Å². The van der Waals surface area contributed by atoms with Crippen molar-refractivity contribution in [3.05, 3.63) is 108 Å². The Bertz CT molecular complexity index is 1330. The Morgan fingerprint density at radius 3 is 2.29 bits per heavy atom. The molecule has 0 radical (unpaired) electrons. The van der Waals surface area contributed by atoms with E-state index in [1.807, 2.05) is 86.6 Å². The van der Waals surface area contributed by atoms with E-state index in [2.05, 4.69) is 10.3 Å². The molecule has 7 heteroatoms. The molecule has 2 unspecified atom stereocenters. The zero-order valence-corrected chi connectivity index (χ0v) is 21.6. The van der Waals surface area contributed by atoms with E-state index in [4.69, 9.17) is 9.15 Å². The quantitative estimate of drug-likeness (QED) is 0.228. The Morgan fingerprint density at radius 2 is 1.63 bits per heavy atom. The fraction of sp³-hybridized carbons (Fsp3) is 0.258. The van der Waals surface area contributed by atoms with Gasteiger partial charge in [0.1, 0.15) is 17.6 Å². The zero-order chi connectivity index (χ0) is 26.9. The number of aromatic nitrogens is 1. The summed E-state index contributed by atoms with van der Waals surface area (Å²) < 4.78 is 11.7. The number of nitrogens with zero attached hydrogens (tertiary/aromatic N) is 1. The van der Waals surface area contributed by atoms with E-state index in [-0.39, 0.29) is 18.2 Å². The minimum Gasteiger partial charge on any atom is -0.493 e. The molecule has 2 atom stereocenters. The highest BCUT2D eigenvalue weighted by molar-refractivity contribution is 5.96. The molecule has 2 N–H and O–H groups in total. The van der Waals surface area contributed by atoms with Crippen molar-refractivity contribution in [1.29, 1.82) is 0 Å². The van der Waals surface area contributed by atoms with Gasteiger partial charge in [-0.05, 0) is 50.1 Å². The van der Waals surface area contributed by atoms with Crippen LogP contribution in [0.5, 0.6) is 5.75 Å². The van der Waals surface area contributed by atoms with Crippen molar-refractivity contribution in [1.82, 2.24) is 10.3 Å². The first-order chi connectivity index (χ1) is 18.4. The van der Waals surface area contributed by atoms with Gasteiger partial charge >= 0.3 is 5.97 Å². The largest absolute Gasteiger partial charge is 0.493 e. The van der Waals surface area contributed by atoms with E-state index in [0.717, 1.165) is 22.6 Å². The lowest BCUT2D eigenvalue weighted by atomic mass is 10.0. The van der Waals surface area contributed by atoms with Gasteiger partial charge in [0.05, 0.1) is 12.3 Å². The number of aliphatic carboxylic acids is 1. The third kappa shape index (κ3) is 7.40. The molecule has 4 aromatic rings. The standard InChI is InChI=1S/C31H32N2O5/c1-21(19-29(34)24-9-5-3-6-10-24)32-28(31(35)36)20-23-13-15-26(16-14-23)37-18-17-27-22(2)38-30(33-27)25-11-7-4-8-12-25/h3-16,21,28,32H,17-20H2,1-2H3,(H,35,36). The number of carbonyl (C=O) groups excluding carboxylic acids is 1. The van der Waals surface area contributed by atoms with Crippen LogP contribution in [0.4, 0.5) is 0 Å². The molecule has 0 amide bonds. The smallest absolute Gasteiger partial charge is 0.321 e. The van der Waals surface area contributed by atoms with Crippen LogP contribution in [0.1, 0.15) is 40.7 Å². The summed E-state index contributed by atoms with van der Waals surface area (Å²) in [6.45, 7) is 4.16. The molecule has 1 aromatic heterocycles. The Labute approximate surface area is 222 Å². The van der Waals surface area contributed by atoms with Crippen LogP contribution in [-0.4, -0.2) is 40.5 Å². The van der Waals surface area contributed by atoms with E-state index >= 15 is 0 Å². The van der Waals surface area contributed by atoms with Crippen molar-refractivity contribution in [3.63, 3.8) is 0 Å². The van der Waals surface area contributed by atoms with Gasteiger partial charge in [-0.25, -0.2) is 4.98 Å². The number of benzene rings is 3. The Morgan fingerprint density at radius 1 is 0.974 bits per heavy atom. The predicted octanol–water partition coefficient (Wildman–Crippen LogP) is 5.52. The summed E-state index contributed by atoms with van der Waals surface area (Å²) in [5.74, 6) is 1.09. The molecule has 38 heavy (non-hydrogen) atoms.